The number of pyridine rings is 1. The predicted molar refractivity (Wildman–Crippen MR) is 116 cm³/mol. The maximum Gasteiger partial charge on any atom is 0.261 e. The molecular weight excluding hydrogens is 376 g/mol. The molecule has 3 heterocycles. The first-order valence-corrected chi connectivity index (χ1v) is 9.74. The Morgan fingerprint density at radius 2 is 1.70 bits per heavy atom. The summed E-state index contributed by atoms with van der Waals surface area (Å²) in [4.78, 5) is 17.8. The number of rotatable bonds is 5. The molecule has 0 spiro atoms. The van der Waals surface area contributed by atoms with Gasteiger partial charge in [-0.05, 0) is 17.2 Å². The van der Waals surface area contributed by atoms with Crippen molar-refractivity contribution in [1.82, 2.24) is 19.2 Å². The van der Waals surface area contributed by atoms with E-state index in [9.17, 15) is 4.79 Å². The molecule has 0 fully saturated rings. The number of nitrogens with zero attached hydrogens (tertiary/aromatic N) is 4. The van der Waals surface area contributed by atoms with Crippen molar-refractivity contribution >= 4 is 16.6 Å². The third kappa shape index (κ3) is 3.07. The number of methoxy groups -OCH3 is 1. The average molecular weight is 396 g/mol. The highest BCUT2D eigenvalue weighted by Crippen LogP contribution is 2.29. The summed E-state index contributed by atoms with van der Waals surface area (Å²) in [6.45, 7) is 0.872. The Morgan fingerprint density at radius 3 is 2.43 bits per heavy atom. The lowest BCUT2D eigenvalue weighted by atomic mass is 10.1. The van der Waals surface area contributed by atoms with E-state index in [1.807, 2.05) is 72.9 Å². The summed E-state index contributed by atoms with van der Waals surface area (Å²) in [6.07, 6.45) is 3.47. The van der Waals surface area contributed by atoms with Gasteiger partial charge < -0.3 is 9.30 Å². The summed E-state index contributed by atoms with van der Waals surface area (Å²) in [7, 11) is 1.65. The SMILES string of the molecule is COCc1nn2c(ncc3c(=O)n(Cc4ccccc4)ccc32)c1-c1ccccc1. The van der Waals surface area contributed by atoms with Crippen LogP contribution in [0.1, 0.15) is 11.3 Å². The third-order valence-electron chi connectivity index (χ3n) is 5.20. The smallest absolute Gasteiger partial charge is 0.261 e. The van der Waals surface area contributed by atoms with Crippen LogP contribution in [0.15, 0.2) is 83.9 Å². The molecule has 3 aromatic heterocycles. The molecule has 0 bridgehead atoms. The molecule has 30 heavy (non-hydrogen) atoms. The van der Waals surface area contributed by atoms with Crippen LogP contribution in [0, 0.1) is 0 Å². The van der Waals surface area contributed by atoms with Gasteiger partial charge in [-0.3, -0.25) is 4.79 Å². The van der Waals surface area contributed by atoms with E-state index < -0.39 is 0 Å². The van der Waals surface area contributed by atoms with E-state index in [4.69, 9.17) is 9.84 Å². The Labute approximate surface area is 173 Å². The highest BCUT2D eigenvalue weighted by molar-refractivity contribution is 5.86. The second-order valence-corrected chi connectivity index (χ2v) is 7.15. The Morgan fingerprint density at radius 1 is 0.967 bits per heavy atom. The summed E-state index contributed by atoms with van der Waals surface area (Å²) in [6, 6.07) is 21.8. The Balaban J connectivity index is 1.70. The number of fused-ring (bicyclic) bond motifs is 3. The van der Waals surface area contributed by atoms with Gasteiger partial charge in [0.2, 0.25) is 0 Å². The first-order valence-electron chi connectivity index (χ1n) is 9.74. The van der Waals surface area contributed by atoms with Gasteiger partial charge in [-0.1, -0.05) is 60.7 Å². The molecule has 0 aliphatic carbocycles. The minimum atomic E-state index is -0.0872. The topological polar surface area (TPSA) is 61.4 Å². The van der Waals surface area contributed by atoms with Gasteiger partial charge in [-0.25, -0.2) is 9.50 Å². The first-order chi connectivity index (χ1) is 14.8. The monoisotopic (exact) mass is 396 g/mol. The number of hydrogen-bond donors (Lipinski definition) is 0. The third-order valence-corrected chi connectivity index (χ3v) is 5.20. The lowest BCUT2D eigenvalue weighted by molar-refractivity contribution is 0.181. The van der Waals surface area contributed by atoms with Crippen LogP contribution in [0.25, 0.3) is 27.7 Å². The molecule has 0 saturated carbocycles. The van der Waals surface area contributed by atoms with Gasteiger partial charge in [0, 0.05) is 19.5 Å². The highest BCUT2D eigenvalue weighted by atomic mass is 16.5. The number of hydrogen-bond acceptors (Lipinski definition) is 4. The second kappa shape index (κ2) is 7.57. The molecule has 0 aliphatic heterocycles. The maximum absolute atomic E-state index is 13.1. The fourth-order valence-corrected chi connectivity index (χ4v) is 3.80. The van der Waals surface area contributed by atoms with Crippen LogP contribution in [0.4, 0.5) is 0 Å². The van der Waals surface area contributed by atoms with Gasteiger partial charge in [0.1, 0.15) is 0 Å². The second-order valence-electron chi connectivity index (χ2n) is 7.15. The minimum absolute atomic E-state index is 0.0872. The molecule has 6 nitrogen and oxygen atoms in total. The molecule has 0 radical (unpaired) electrons. The summed E-state index contributed by atoms with van der Waals surface area (Å²) in [5, 5.41) is 5.28. The van der Waals surface area contributed by atoms with Crippen molar-refractivity contribution in [3.8, 4) is 11.1 Å². The zero-order valence-electron chi connectivity index (χ0n) is 16.5. The molecule has 6 heteroatoms. The molecule has 5 aromatic rings. The van der Waals surface area contributed by atoms with Crippen molar-refractivity contribution in [3.63, 3.8) is 0 Å². The molecule has 5 rings (SSSR count). The highest BCUT2D eigenvalue weighted by Gasteiger charge is 2.18. The standard InChI is InChI=1S/C24H20N4O2/c1-30-16-20-22(18-10-6-3-7-11-18)23-25-14-19-21(28(23)26-20)12-13-27(24(19)29)15-17-8-4-2-5-9-17/h2-14H,15-16H2,1H3. The number of benzene rings is 2. The van der Waals surface area contributed by atoms with Gasteiger partial charge in [0.05, 0.1) is 35.3 Å². The van der Waals surface area contributed by atoms with Gasteiger partial charge >= 0.3 is 0 Å². The Kier molecular flexibility index (Phi) is 4.61. The lowest BCUT2D eigenvalue weighted by Gasteiger charge is -2.08. The van der Waals surface area contributed by atoms with E-state index in [2.05, 4.69) is 4.98 Å². The molecular formula is C24H20N4O2. The van der Waals surface area contributed by atoms with Gasteiger partial charge in [0.25, 0.3) is 5.56 Å². The number of aromatic nitrogens is 4. The van der Waals surface area contributed by atoms with E-state index in [0.717, 1.165) is 27.9 Å². The molecule has 0 amide bonds. The van der Waals surface area contributed by atoms with Crippen molar-refractivity contribution in [1.29, 1.82) is 0 Å². The zero-order chi connectivity index (χ0) is 20.5. The number of ether oxygens (including phenoxy) is 1. The normalized spacial score (nSPS) is 11.4. The Hall–Kier alpha value is -3.77. The van der Waals surface area contributed by atoms with E-state index in [1.165, 1.54) is 0 Å². The summed E-state index contributed by atoms with van der Waals surface area (Å²) in [5.74, 6) is 0. The fourth-order valence-electron chi connectivity index (χ4n) is 3.80. The minimum Gasteiger partial charge on any atom is -0.378 e. The van der Waals surface area contributed by atoms with Gasteiger partial charge in [0.15, 0.2) is 5.65 Å². The van der Waals surface area contributed by atoms with Crippen LogP contribution in [-0.2, 0) is 17.9 Å². The first kappa shape index (κ1) is 18.3. The van der Waals surface area contributed by atoms with Crippen molar-refractivity contribution < 1.29 is 4.74 Å². The van der Waals surface area contributed by atoms with Crippen LogP contribution in [0.2, 0.25) is 0 Å². The van der Waals surface area contributed by atoms with E-state index in [1.54, 1.807) is 22.4 Å². The molecule has 0 N–H and O–H groups in total. The fraction of sp³-hybridized carbons (Fsp3) is 0.125. The molecule has 0 aliphatic rings. The van der Waals surface area contributed by atoms with Crippen LogP contribution >= 0.6 is 0 Å². The summed E-state index contributed by atoms with van der Waals surface area (Å²) >= 11 is 0. The Bertz CT molecular complexity index is 1390. The van der Waals surface area contributed by atoms with E-state index in [0.29, 0.717) is 24.2 Å². The molecule has 0 atom stereocenters. The lowest BCUT2D eigenvalue weighted by Crippen LogP contribution is -2.21. The predicted octanol–water partition coefficient (Wildman–Crippen LogP) is 3.91. The van der Waals surface area contributed by atoms with Crippen molar-refractivity contribution in [3.05, 3.63) is 101 Å². The largest absolute Gasteiger partial charge is 0.378 e. The van der Waals surface area contributed by atoms with E-state index in [-0.39, 0.29) is 5.56 Å². The zero-order valence-corrected chi connectivity index (χ0v) is 16.5. The van der Waals surface area contributed by atoms with Crippen LogP contribution < -0.4 is 5.56 Å². The maximum atomic E-state index is 13.1. The van der Waals surface area contributed by atoms with Crippen molar-refractivity contribution in [2.75, 3.05) is 7.11 Å². The molecule has 148 valence electrons. The summed E-state index contributed by atoms with van der Waals surface area (Å²) in [5.41, 5.74) is 5.15. The molecule has 0 saturated heterocycles. The van der Waals surface area contributed by atoms with Crippen molar-refractivity contribution in [2.45, 2.75) is 13.2 Å². The summed E-state index contributed by atoms with van der Waals surface area (Å²) < 4.78 is 8.82. The van der Waals surface area contributed by atoms with Crippen LogP contribution in [-0.4, -0.2) is 26.3 Å². The quantitative estimate of drug-likeness (QED) is 0.452. The van der Waals surface area contributed by atoms with Gasteiger partial charge in [-0.2, -0.15) is 5.10 Å². The van der Waals surface area contributed by atoms with Crippen molar-refractivity contribution in [2.24, 2.45) is 0 Å². The van der Waals surface area contributed by atoms with E-state index >= 15 is 0 Å². The van der Waals surface area contributed by atoms with Crippen LogP contribution in [0.5, 0.6) is 0 Å². The molecule has 0 unspecified atom stereocenters. The van der Waals surface area contributed by atoms with Crippen LogP contribution in [0.3, 0.4) is 0 Å². The van der Waals surface area contributed by atoms with Gasteiger partial charge in [-0.15, -0.1) is 0 Å². The molecule has 2 aromatic carbocycles. The average Bonchev–Trinajstić information content (AvgIpc) is 3.15.